The predicted molar refractivity (Wildman–Crippen MR) is 127 cm³/mol. The Morgan fingerprint density at radius 2 is 1.93 bits per heavy atom. The zero-order valence-electron chi connectivity index (χ0n) is 17.0. The molecule has 6 nitrogen and oxygen atoms in total. The van der Waals surface area contributed by atoms with Gasteiger partial charge >= 0.3 is 0 Å². The molecule has 1 aliphatic rings. The van der Waals surface area contributed by atoms with Gasteiger partial charge in [0.1, 0.15) is 5.75 Å². The normalized spacial score (nSPS) is 13.2. The van der Waals surface area contributed by atoms with E-state index in [1.54, 1.807) is 19.2 Å². The Hall–Kier alpha value is -2.29. The molecule has 7 heteroatoms. The van der Waals surface area contributed by atoms with Crippen molar-refractivity contribution in [3.8, 4) is 5.75 Å². The maximum absolute atomic E-state index is 12.3. The summed E-state index contributed by atoms with van der Waals surface area (Å²) in [5.41, 5.74) is 3.36. The Kier molecular flexibility index (Phi) is 9.24. The molecular weight excluding hydrogens is 479 g/mol. The fraction of sp³-hybridized carbons (Fsp3) is 0.364. The molecule has 0 radical (unpaired) electrons. The van der Waals surface area contributed by atoms with Crippen LogP contribution in [0, 0.1) is 0 Å². The minimum absolute atomic E-state index is 0. The van der Waals surface area contributed by atoms with Gasteiger partial charge in [-0.1, -0.05) is 30.3 Å². The first-order valence-corrected chi connectivity index (χ1v) is 9.73. The highest BCUT2D eigenvalue weighted by atomic mass is 127. The Morgan fingerprint density at radius 1 is 1.14 bits per heavy atom. The van der Waals surface area contributed by atoms with Gasteiger partial charge in [0.2, 0.25) is 0 Å². The van der Waals surface area contributed by atoms with Crippen molar-refractivity contribution < 1.29 is 9.53 Å². The number of hydrogen-bond acceptors (Lipinski definition) is 3. The van der Waals surface area contributed by atoms with Crippen LogP contribution in [-0.2, 0) is 13.0 Å². The predicted octanol–water partition coefficient (Wildman–Crippen LogP) is 3.07. The van der Waals surface area contributed by atoms with Crippen LogP contribution in [0.15, 0.2) is 53.5 Å². The number of amides is 1. The van der Waals surface area contributed by atoms with Crippen LogP contribution < -0.4 is 15.4 Å². The summed E-state index contributed by atoms with van der Waals surface area (Å²) in [7, 11) is 1.59. The van der Waals surface area contributed by atoms with Gasteiger partial charge in [-0.3, -0.25) is 9.79 Å². The van der Waals surface area contributed by atoms with Crippen LogP contribution in [-0.4, -0.2) is 50.1 Å². The van der Waals surface area contributed by atoms with E-state index < -0.39 is 0 Å². The van der Waals surface area contributed by atoms with Crippen molar-refractivity contribution in [3.05, 3.63) is 65.2 Å². The summed E-state index contributed by atoms with van der Waals surface area (Å²) in [4.78, 5) is 19.3. The number of hydrogen-bond donors (Lipinski definition) is 2. The number of ether oxygens (including phenoxy) is 1. The molecule has 0 bridgehead atoms. The number of carbonyl (C=O) groups excluding carboxylic acids is 1. The second-order valence-corrected chi connectivity index (χ2v) is 6.66. The summed E-state index contributed by atoms with van der Waals surface area (Å²) >= 11 is 0. The smallest absolute Gasteiger partial charge is 0.251 e. The van der Waals surface area contributed by atoms with E-state index in [2.05, 4.69) is 46.7 Å². The van der Waals surface area contributed by atoms with Crippen molar-refractivity contribution in [2.75, 3.05) is 33.3 Å². The van der Waals surface area contributed by atoms with Crippen LogP contribution >= 0.6 is 24.0 Å². The number of fused-ring (bicyclic) bond motifs is 1. The van der Waals surface area contributed by atoms with Crippen LogP contribution in [0.2, 0.25) is 0 Å². The van der Waals surface area contributed by atoms with E-state index in [9.17, 15) is 4.79 Å². The fourth-order valence-electron chi connectivity index (χ4n) is 3.30. The lowest BCUT2D eigenvalue weighted by molar-refractivity contribution is 0.0954. The zero-order chi connectivity index (χ0) is 19.8. The lowest BCUT2D eigenvalue weighted by atomic mass is 10.0. The maximum atomic E-state index is 12.3. The minimum atomic E-state index is -0.119. The Balaban J connectivity index is 0.00000300. The van der Waals surface area contributed by atoms with E-state index in [0.717, 1.165) is 32.0 Å². The van der Waals surface area contributed by atoms with Crippen molar-refractivity contribution in [1.29, 1.82) is 0 Å². The molecule has 0 spiro atoms. The second-order valence-electron chi connectivity index (χ2n) is 6.66. The van der Waals surface area contributed by atoms with Crippen molar-refractivity contribution in [3.63, 3.8) is 0 Å². The van der Waals surface area contributed by atoms with Crippen molar-refractivity contribution in [2.45, 2.75) is 19.9 Å². The molecule has 1 aliphatic heterocycles. The molecule has 1 heterocycles. The van der Waals surface area contributed by atoms with E-state index in [1.807, 2.05) is 12.1 Å². The molecule has 3 rings (SSSR count). The average Bonchev–Trinajstić information content (AvgIpc) is 2.75. The van der Waals surface area contributed by atoms with Crippen LogP contribution in [0.25, 0.3) is 0 Å². The number of methoxy groups -OCH3 is 1. The van der Waals surface area contributed by atoms with Gasteiger partial charge in [-0.05, 0) is 42.7 Å². The zero-order valence-corrected chi connectivity index (χ0v) is 19.3. The molecular formula is C22H29IN4O2. The van der Waals surface area contributed by atoms with E-state index in [-0.39, 0.29) is 29.9 Å². The summed E-state index contributed by atoms with van der Waals surface area (Å²) < 4.78 is 5.17. The highest BCUT2D eigenvalue weighted by Gasteiger charge is 2.18. The monoisotopic (exact) mass is 508 g/mol. The summed E-state index contributed by atoms with van der Waals surface area (Å²) in [6.07, 6.45) is 1.02. The standard InChI is InChI=1S/C22H28N4O2.HI/c1-3-23-22(26-14-11-17-7-4-5-8-19(17)16-26)25-13-12-24-21(27)18-9-6-10-20(15-18)28-2;/h4-10,15H,3,11-14,16H2,1-2H3,(H,23,25)(H,24,27);1H. The van der Waals surface area contributed by atoms with Gasteiger partial charge < -0.3 is 20.3 Å². The minimum Gasteiger partial charge on any atom is -0.497 e. The molecule has 2 aromatic carbocycles. The summed E-state index contributed by atoms with van der Waals surface area (Å²) in [5, 5.41) is 6.28. The molecule has 0 saturated carbocycles. The highest BCUT2D eigenvalue weighted by molar-refractivity contribution is 14.0. The van der Waals surface area contributed by atoms with Crippen molar-refractivity contribution >= 4 is 35.8 Å². The molecule has 0 saturated heterocycles. The van der Waals surface area contributed by atoms with Crippen molar-refractivity contribution in [1.82, 2.24) is 15.5 Å². The van der Waals surface area contributed by atoms with Crippen LogP contribution in [0.4, 0.5) is 0 Å². The number of halogens is 1. The van der Waals surface area contributed by atoms with E-state index >= 15 is 0 Å². The number of carbonyl (C=O) groups is 1. The quantitative estimate of drug-likeness (QED) is 0.273. The largest absolute Gasteiger partial charge is 0.497 e. The number of aliphatic imine (C=N–C) groups is 1. The first-order valence-electron chi connectivity index (χ1n) is 9.73. The first kappa shape index (κ1) is 23.0. The molecule has 29 heavy (non-hydrogen) atoms. The molecule has 0 unspecified atom stereocenters. The van der Waals surface area contributed by atoms with Gasteiger partial charge in [0.25, 0.3) is 5.91 Å². The molecule has 2 aromatic rings. The molecule has 2 N–H and O–H groups in total. The van der Waals surface area contributed by atoms with Gasteiger partial charge in [0, 0.05) is 31.7 Å². The molecule has 0 aliphatic carbocycles. The number of nitrogens with one attached hydrogen (secondary N) is 2. The van der Waals surface area contributed by atoms with Gasteiger partial charge in [-0.15, -0.1) is 24.0 Å². The number of rotatable bonds is 6. The van der Waals surface area contributed by atoms with Crippen LogP contribution in [0.3, 0.4) is 0 Å². The Morgan fingerprint density at radius 3 is 2.69 bits per heavy atom. The van der Waals surface area contributed by atoms with Gasteiger partial charge in [-0.2, -0.15) is 0 Å². The molecule has 0 fully saturated rings. The van der Waals surface area contributed by atoms with E-state index in [4.69, 9.17) is 9.73 Å². The molecule has 156 valence electrons. The van der Waals surface area contributed by atoms with E-state index in [0.29, 0.717) is 24.4 Å². The van der Waals surface area contributed by atoms with Gasteiger partial charge in [-0.25, -0.2) is 0 Å². The number of nitrogens with zero attached hydrogens (tertiary/aromatic N) is 2. The van der Waals surface area contributed by atoms with Gasteiger partial charge in [0.15, 0.2) is 5.96 Å². The number of benzene rings is 2. The number of guanidine groups is 1. The highest BCUT2D eigenvalue weighted by Crippen LogP contribution is 2.18. The molecule has 0 atom stereocenters. The SMILES string of the molecule is CCNC(=NCCNC(=O)c1cccc(OC)c1)N1CCc2ccccc2C1.I. The lowest BCUT2D eigenvalue weighted by Crippen LogP contribution is -2.44. The third-order valence-corrected chi connectivity index (χ3v) is 4.76. The van der Waals surface area contributed by atoms with Crippen LogP contribution in [0.1, 0.15) is 28.4 Å². The topological polar surface area (TPSA) is 66.0 Å². The Labute approximate surface area is 189 Å². The third kappa shape index (κ3) is 6.35. The fourth-order valence-corrected chi connectivity index (χ4v) is 3.30. The van der Waals surface area contributed by atoms with E-state index in [1.165, 1.54) is 11.1 Å². The van der Waals surface area contributed by atoms with Crippen molar-refractivity contribution in [2.24, 2.45) is 4.99 Å². The molecule has 0 aromatic heterocycles. The van der Waals surface area contributed by atoms with Gasteiger partial charge in [0.05, 0.1) is 13.7 Å². The first-order chi connectivity index (χ1) is 13.7. The lowest BCUT2D eigenvalue weighted by Gasteiger charge is -2.31. The summed E-state index contributed by atoms with van der Waals surface area (Å²) in [6, 6.07) is 15.7. The van der Waals surface area contributed by atoms with Crippen LogP contribution in [0.5, 0.6) is 5.75 Å². The summed E-state index contributed by atoms with van der Waals surface area (Å²) in [5.74, 6) is 1.45. The third-order valence-electron chi connectivity index (χ3n) is 4.76. The second kappa shape index (κ2) is 11.6. The summed E-state index contributed by atoms with van der Waals surface area (Å²) in [6.45, 7) is 5.69. The average molecular weight is 508 g/mol. The maximum Gasteiger partial charge on any atom is 0.251 e. The Bertz CT molecular complexity index is 841. The molecule has 1 amide bonds.